The molecule has 0 aliphatic heterocycles. The van der Waals surface area contributed by atoms with Crippen molar-refractivity contribution in [1.29, 1.82) is 0 Å². The molecule has 2 nitrogen and oxygen atoms in total. The fourth-order valence-corrected chi connectivity index (χ4v) is 3.55. The van der Waals surface area contributed by atoms with E-state index in [0.29, 0.717) is 6.61 Å². The minimum atomic E-state index is 0.707. The highest BCUT2D eigenvalue weighted by atomic mass is 16.5. The molecule has 0 saturated carbocycles. The zero-order chi connectivity index (χ0) is 21.2. The number of ether oxygens (including phenoxy) is 1. The lowest BCUT2D eigenvalue weighted by molar-refractivity contribution is 0.261. The molecule has 3 rings (SSSR count). The number of hydrogen-bond acceptors (Lipinski definition) is 2. The van der Waals surface area contributed by atoms with Gasteiger partial charge in [0.2, 0.25) is 0 Å². The van der Waals surface area contributed by atoms with E-state index < -0.39 is 0 Å². The molecule has 0 aliphatic rings. The van der Waals surface area contributed by atoms with Gasteiger partial charge in [-0.2, -0.15) is 0 Å². The predicted octanol–water partition coefficient (Wildman–Crippen LogP) is 6.06. The molecule has 3 aromatic rings. The van der Waals surface area contributed by atoms with Crippen molar-refractivity contribution in [2.24, 2.45) is 0 Å². The van der Waals surface area contributed by atoms with E-state index in [1.54, 1.807) is 0 Å². The van der Waals surface area contributed by atoms with Gasteiger partial charge in [-0.15, -0.1) is 0 Å². The third-order valence-corrected chi connectivity index (χ3v) is 5.34. The smallest absolute Gasteiger partial charge is 0.119 e. The highest BCUT2D eigenvalue weighted by Gasteiger charge is 2.06. The average Bonchev–Trinajstić information content (AvgIpc) is 2.78. The Morgan fingerprint density at radius 2 is 1.50 bits per heavy atom. The van der Waals surface area contributed by atoms with Crippen LogP contribution < -0.4 is 4.74 Å². The van der Waals surface area contributed by atoms with Crippen LogP contribution in [-0.4, -0.2) is 32.1 Å². The van der Waals surface area contributed by atoms with Crippen molar-refractivity contribution in [1.82, 2.24) is 4.90 Å². The molecule has 0 heterocycles. The van der Waals surface area contributed by atoms with Crippen LogP contribution in [0.15, 0.2) is 84.9 Å². The SMILES string of the molecule is CCc1ccccc1CC=C(Cc1ccc(OCCN(C)C)cc1)c1ccccc1. The topological polar surface area (TPSA) is 12.5 Å². The number of hydrogen-bond donors (Lipinski definition) is 0. The van der Waals surface area contributed by atoms with Gasteiger partial charge in [-0.3, -0.25) is 0 Å². The summed E-state index contributed by atoms with van der Waals surface area (Å²) in [6.45, 7) is 3.85. The summed E-state index contributed by atoms with van der Waals surface area (Å²) in [5, 5.41) is 0. The summed E-state index contributed by atoms with van der Waals surface area (Å²) in [5.41, 5.74) is 6.80. The van der Waals surface area contributed by atoms with Gasteiger partial charge in [-0.25, -0.2) is 0 Å². The minimum Gasteiger partial charge on any atom is -0.492 e. The molecule has 3 aromatic carbocycles. The van der Waals surface area contributed by atoms with Gasteiger partial charge in [-0.05, 0) is 73.3 Å². The summed E-state index contributed by atoms with van der Waals surface area (Å²) in [6, 6.07) is 28.0. The van der Waals surface area contributed by atoms with Gasteiger partial charge in [0.25, 0.3) is 0 Å². The van der Waals surface area contributed by atoms with E-state index in [4.69, 9.17) is 4.74 Å². The first-order chi connectivity index (χ1) is 14.7. The maximum atomic E-state index is 5.84. The molecule has 0 amide bonds. The molecule has 0 bridgehead atoms. The Labute approximate surface area is 181 Å². The van der Waals surface area contributed by atoms with Crippen LogP contribution in [0.25, 0.3) is 5.57 Å². The van der Waals surface area contributed by atoms with Crippen molar-refractivity contribution in [3.05, 3.63) is 107 Å². The molecule has 0 radical (unpaired) electrons. The second kappa shape index (κ2) is 11.4. The van der Waals surface area contributed by atoms with E-state index in [9.17, 15) is 0 Å². The average molecular weight is 400 g/mol. The second-order valence-electron chi connectivity index (χ2n) is 7.89. The van der Waals surface area contributed by atoms with Crippen LogP contribution in [0, 0.1) is 0 Å². The lowest BCUT2D eigenvalue weighted by Gasteiger charge is -2.13. The minimum absolute atomic E-state index is 0.707. The molecular formula is C28H33NO. The Morgan fingerprint density at radius 1 is 0.833 bits per heavy atom. The summed E-state index contributed by atoms with van der Waals surface area (Å²) >= 11 is 0. The molecular weight excluding hydrogens is 366 g/mol. The summed E-state index contributed by atoms with van der Waals surface area (Å²) in [7, 11) is 4.12. The summed E-state index contributed by atoms with van der Waals surface area (Å²) in [4.78, 5) is 2.13. The van der Waals surface area contributed by atoms with Gasteiger partial charge in [-0.1, -0.05) is 79.7 Å². The first-order valence-corrected chi connectivity index (χ1v) is 10.8. The van der Waals surface area contributed by atoms with Crippen LogP contribution in [0.5, 0.6) is 5.75 Å². The van der Waals surface area contributed by atoms with E-state index in [1.807, 2.05) is 0 Å². The zero-order valence-electron chi connectivity index (χ0n) is 18.5. The lowest BCUT2D eigenvalue weighted by atomic mass is 9.95. The fraction of sp³-hybridized carbons (Fsp3) is 0.286. The molecule has 0 aromatic heterocycles. The van der Waals surface area contributed by atoms with Crippen molar-refractivity contribution in [3.63, 3.8) is 0 Å². The van der Waals surface area contributed by atoms with Crippen LogP contribution in [0.3, 0.4) is 0 Å². The Morgan fingerprint density at radius 3 is 2.17 bits per heavy atom. The van der Waals surface area contributed by atoms with Gasteiger partial charge in [0.05, 0.1) is 0 Å². The molecule has 0 unspecified atom stereocenters. The van der Waals surface area contributed by atoms with Crippen molar-refractivity contribution >= 4 is 5.57 Å². The molecule has 0 fully saturated rings. The van der Waals surface area contributed by atoms with Crippen LogP contribution in [-0.2, 0) is 19.3 Å². The predicted molar refractivity (Wildman–Crippen MR) is 128 cm³/mol. The van der Waals surface area contributed by atoms with Crippen molar-refractivity contribution < 1.29 is 4.74 Å². The molecule has 2 heteroatoms. The molecule has 0 aliphatic carbocycles. The van der Waals surface area contributed by atoms with E-state index >= 15 is 0 Å². The maximum absolute atomic E-state index is 5.84. The fourth-order valence-electron chi connectivity index (χ4n) is 3.55. The highest BCUT2D eigenvalue weighted by molar-refractivity contribution is 5.68. The third-order valence-electron chi connectivity index (χ3n) is 5.34. The van der Waals surface area contributed by atoms with E-state index in [2.05, 4.69) is 111 Å². The maximum Gasteiger partial charge on any atom is 0.119 e. The molecule has 0 spiro atoms. The second-order valence-corrected chi connectivity index (χ2v) is 7.89. The van der Waals surface area contributed by atoms with Crippen LogP contribution in [0.2, 0.25) is 0 Å². The lowest BCUT2D eigenvalue weighted by Crippen LogP contribution is -2.19. The summed E-state index contributed by atoms with van der Waals surface area (Å²) in [5.74, 6) is 0.933. The number of aryl methyl sites for hydroxylation is 1. The van der Waals surface area contributed by atoms with E-state index in [0.717, 1.165) is 31.6 Å². The Hall–Kier alpha value is -2.84. The molecule has 0 saturated heterocycles. The third kappa shape index (κ3) is 6.60. The normalized spacial score (nSPS) is 11.7. The van der Waals surface area contributed by atoms with Crippen molar-refractivity contribution in [3.8, 4) is 5.75 Å². The Balaban J connectivity index is 1.75. The van der Waals surface area contributed by atoms with Crippen molar-refractivity contribution in [2.75, 3.05) is 27.2 Å². The van der Waals surface area contributed by atoms with Crippen LogP contribution in [0.4, 0.5) is 0 Å². The van der Waals surface area contributed by atoms with Gasteiger partial charge < -0.3 is 9.64 Å². The Kier molecular flexibility index (Phi) is 8.29. The summed E-state index contributed by atoms with van der Waals surface area (Å²) < 4.78 is 5.84. The van der Waals surface area contributed by atoms with E-state index in [-0.39, 0.29) is 0 Å². The standard InChI is InChI=1S/C28H33NO/c1-4-24-10-8-9-13-26(24)16-17-27(25-11-6-5-7-12-25)22-23-14-18-28(19-15-23)30-21-20-29(2)3/h5-15,17-19H,4,16,20-22H2,1-3H3. The zero-order valence-corrected chi connectivity index (χ0v) is 18.5. The van der Waals surface area contributed by atoms with Crippen molar-refractivity contribution in [2.45, 2.75) is 26.2 Å². The van der Waals surface area contributed by atoms with Gasteiger partial charge >= 0.3 is 0 Å². The first kappa shape index (κ1) is 21.9. The number of rotatable bonds is 10. The van der Waals surface area contributed by atoms with Gasteiger partial charge in [0, 0.05) is 6.54 Å². The first-order valence-electron chi connectivity index (χ1n) is 10.8. The van der Waals surface area contributed by atoms with Gasteiger partial charge in [0.15, 0.2) is 0 Å². The Bertz CT molecular complexity index is 926. The highest BCUT2D eigenvalue weighted by Crippen LogP contribution is 2.23. The quantitative estimate of drug-likeness (QED) is 0.411. The summed E-state index contributed by atoms with van der Waals surface area (Å²) in [6.07, 6.45) is 5.33. The number of benzene rings is 3. The number of likely N-dealkylation sites (N-methyl/N-ethyl adjacent to an activating group) is 1. The van der Waals surface area contributed by atoms with Crippen LogP contribution in [0.1, 0.15) is 29.2 Å². The number of nitrogens with zero attached hydrogens (tertiary/aromatic N) is 1. The van der Waals surface area contributed by atoms with Crippen LogP contribution >= 0.6 is 0 Å². The largest absolute Gasteiger partial charge is 0.492 e. The molecule has 0 atom stereocenters. The molecule has 156 valence electrons. The van der Waals surface area contributed by atoms with Gasteiger partial charge in [0.1, 0.15) is 12.4 Å². The number of allylic oxidation sites excluding steroid dienone is 2. The monoisotopic (exact) mass is 399 g/mol. The molecule has 30 heavy (non-hydrogen) atoms. The molecule has 0 N–H and O–H groups in total. The van der Waals surface area contributed by atoms with E-state index in [1.165, 1.54) is 27.8 Å².